The summed E-state index contributed by atoms with van der Waals surface area (Å²) in [5, 5.41) is 4.94. The van der Waals surface area contributed by atoms with Crippen LogP contribution in [0.4, 0.5) is 14.5 Å². The van der Waals surface area contributed by atoms with Crippen LogP contribution in [0, 0.1) is 25.5 Å². The minimum atomic E-state index is -0.819. The summed E-state index contributed by atoms with van der Waals surface area (Å²) in [4.78, 5) is 12.2. The number of carbonyl (C=O) groups excluding carboxylic acids is 1. The number of carbonyl (C=O) groups is 1. The molecule has 2 N–H and O–H groups in total. The van der Waals surface area contributed by atoms with E-state index in [1.54, 1.807) is 6.07 Å². The topological polar surface area (TPSA) is 41.1 Å². The Hall–Kier alpha value is -1.86. The summed E-state index contributed by atoms with van der Waals surface area (Å²) in [5.41, 5.74) is 2.27. The second kappa shape index (κ2) is 7.14. The summed E-state index contributed by atoms with van der Waals surface area (Å²) in [6, 6.07) is 7.20. The molecule has 0 radical (unpaired) electrons. The summed E-state index contributed by atoms with van der Waals surface area (Å²) in [6.07, 6.45) is 0. The number of hydrogen-bond acceptors (Lipinski definition) is 2. The zero-order valence-electron chi connectivity index (χ0n) is 12.3. The molecule has 0 aromatic heterocycles. The van der Waals surface area contributed by atoms with E-state index in [0.29, 0.717) is 5.56 Å². The molecular weight excluding hydrogens is 386 g/mol. The highest BCUT2D eigenvalue weighted by molar-refractivity contribution is 9.10. The molecule has 0 atom stereocenters. The van der Waals surface area contributed by atoms with Crippen LogP contribution < -0.4 is 10.6 Å². The molecule has 2 aromatic carbocycles. The number of hydrogen-bond donors (Lipinski definition) is 2. The van der Waals surface area contributed by atoms with E-state index < -0.39 is 17.5 Å². The smallest absolute Gasteiger partial charge is 0.257 e. The predicted octanol–water partition coefficient (Wildman–Crippen LogP) is 4.47. The molecule has 0 aliphatic heterocycles. The van der Waals surface area contributed by atoms with Gasteiger partial charge in [-0.25, -0.2) is 8.78 Å². The van der Waals surface area contributed by atoms with Gasteiger partial charge in [-0.05, 0) is 59.7 Å². The predicted molar refractivity (Wildman–Crippen MR) is 93.7 cm³/mol. The number of rotatable bonds is 2. The number of amides is 1. The molecule has 23 heavy (non-hydrogen) atoms. The number of halogens is 3. The van der Waals surface area contributed by atoms with Crippen molar-refractivity contribution < 1.29 is 13.6 Å². The molecule has 0 fully saturated rings. The maximum atomic E-state index is 13.7. The number of benzene rings is 2. The van der Waals surface area contributed by atoms with Crippen LogP contribution in [-0.4, -0.2) is 11.0 Å². The summed E-state index contributed by atoms with van der Waals surface area (Å²) in [5.74, 6) is -1.94. The first-order chi connectivity index (χ1) is 10.8. The first-order valence-electron chi connectivity index (χ1n) is 6.62. The van der Waals surface area contributed by atoms with E-state index >= 15 is 0 Å². The van der Waals surface area contributed by atoms with Crippen LogP contribution in [0.5, 0.6) is 0 Å². The van der Waals surface area contributed by atoms with Crippen LogP contribution in [0.15, 0.2) is 34.8 Å². The monoisotopic (exact) mass is 398 g/mol. The van der Waals surface area contributed by atoms with Crippen molar-refractivity contribution in [3.8, 4) is 0 Å². The molecule has 2 rings (SSSR count). The van der Waals surface area contributed by atoms with Gasteiger partial charge in [0.25, 0.3) is 5.91 Å². The first kappa shape index (κ1) is 17.5. The third kappa shape index (κ3) is 4.33. The molecule has 0 saturated carbocycles. The van der Waals surface area contributed by atoms with E-state index in [1.165, 1.54) is 0 Å². The fraction of sp³-hybridized carbons (Fsp3) is 0.125. The first-order valence-corrected chi connectivity index (χ1v) is 7.82. The maximum absolute atomic E-state index is 13.7. The van der Waals surface area contributed by atoms with Gasteiger partial charge in [0, 0.05) is 16.1 Å². The second-order valence-electron chi connectivity index (χ2n) is 4.97. The van der Waals surface area contributed by atoms with Crippen LogP contribution in [0.25, 0.3) is 0 Å². The largest absolute Gasteiger partial charge is 0.329 e. The lowest BCUT2D eigenvalue weighted by atomic mass is 10.1. The van der Waals surface area contributed by atoms with Crippen LogP contribution in [0.2, 0.25) is 0 Å². The number of nitrogens with one attached hydrogen (secondary N) is 2. The van der Waals surface area contributed by atoms with Gasteiger partial charge in [-0.1, -0.05) is 17.7 Å². The molecule has 0 bridgehead atoms. The molecule has 2 aromatic rings. The molecule has 7 heteroatoms. The Kier molecular flexibility index (Phi) is 5.43. The van der Waals surface area contributed by atoms with Crippen LogP contribution >= 0.6 is 28.1 Å². The summed E-state index contributed by atoms with van der Waals surface area (Å²) >= 11 is 8.05. The van der Waals surface area contributed by atoms with Crippen molar-refractivity contribution >= 4 is 44.9 Å². The van der Waals surface area contributed by atoms with Gasteiger partial charge >= 0.3 is 0 Å². The van der Waals surface area contributed by atoms with E-state index in [9.17, 15) is 13.6 Å². The number of thiocarbonyl (C=S) groups is 1. The lowest BCUT2D eigenvalue weighted by molar-refractivity contribution is 0.0977. The Bertz CT molecular complexity index is 773. The standard InChI is InChI=1S/C16H13BrF2N2OS/c1-8-3-4-11(9(2)5-8)15(22)21-16(23)20-14-12(17)6-10(18)7-13(14)19/h3-7H,1-2H3,(H2,20,21,22,23). The van der Waals surface area contributed by atoms with Crippen molar-refractivity contribution in [1.82, 2.24) is 5.32 Å². The fourth-order valence-corrected chi connectivity index (χ4v) is 2.75. The van der Waals surface area contributed by atoms with Crippen molar-refractivity contribution in [2.24, 2.45) is 0 Å². The molecule has 1 amide bonds. The van der Waals surface area contributed by atoms with E-state index in [2.05, 4.69) is 26.6 Å². The minimum Gasteiger partial charge on any atom is -0.329 e. The maximum Gasteiger partial charge on any atom is 0.257 e. The van der Waals surface area contributed by atoms with Gasteiger partial charge in [-0.15, -0.1) is 0 Å². The highest BCUT2D eigenvalue weighted by Gasteiger charge is 2.14. The quantitative estimate of drug-likeness (QED) is 0.733. The van der Waals surface area contributed by atoms with E-state index in [0.717, 1.165) is 23.3 Å². The molecule has 120 valence electrons. The molecule has 0 spiro atoms. The van der Waals surface area contributed by atoms with Crippen LogP contribution in [0.1, 0.15) is 21.5 Å². The second-order valence-corrected chi connectivity index (χ2v) is 6.23. The van der Waals surface area contributed by atoms with Crippen molar-refractivity contribution in [2.75, 3.05) is 5.32 Å². The average molecular weight is 399 g/mol. The molecule has 0 unspecified atom stereocenters. The minimum absolute atomic E-state index is 0.0441. The fourth-order valence-electron chi connectivity index (χ4n) is 2.05. The van der Waals surface area contributed by atoms with Crippen molar-refractivity contribution in [3.05, 3.63) is 63.1 Å². The van der Waals surface area contributed by atoms with Gasteiger partial charge in [0.05, 0.1) is 5.69 Å². The van der Waals surface area contributed by atoms with Gasteiger partial charge in [0.1, 0.15) is 5.82 Å². The summed E-state index contributed by atoms with van der Waals surface area (Å²) in [6.45, 7) is 3.74. The van der Waals surface area contributed by atoms with Crippen LogP contribution in [-0.2, 0) is 0 Å². The molecule has 3 nitrogen and oxygen atoms in total. The SMILES string of the molecule is Cc1ccc(C(=O)NC(=S)Nc2c(F)cc(F)cc2Br)c(C)c1. The van der Waals surface area contributed by atoms with Gasteiger partial charge in [-0.2, -0.15) is 0 Å². The molecular formula is C16H13BrF2N2OS. The third-order valence-corrected chi connectivity index (χ3v) is 3.93. The van der Waals surface area contributed by atoms with E-state index in [-0.39, 0.29) is 15.3 Å². The molecule has 0 heterocycles. The van der Waals surface area contributed by atoms with Gasteiger partial charge in [0.15, 0.2) is 10.9 Å². The van der Waals surface area contributed by atoms with Gasteiger partial charge in [-0.3, -0.25) is 10.1 Å². The Balaban J connectivity index is 2.12. The lowest BCUT2D eigenvalue weighted by Gasteiger charge is -2.13. The Morgan fingerprint density at radius 2 is 1.87 bits per heavy atom. The van der Waals surface area contributed by atoms with Crippen LogP contribution in [0.3, 0.4) is 0 Å². The Morgan fingerprint density at radius 3 is 2.48 bits per heavy atom. The molecule has 0 aliphatic rings. The molecule has 0 saturated heterocycles. The average Bonchev–Trinajstić information content (AvgIpc) is 2.42. The molecule has 0 aliphatic carbocycles. The number of anilines is 1. The third-order valence-electron chi connectivity index (χ3n) is 3.10. The van der Waals surface area contributed by atoms with Gasteiger partial charge in [0.2, 0.25) is 0 Å². The van der Waals surface area contributed by atoms with Crippen molar-refractivity contribution in [2.45, 2.75) is 13.8 Å². The zero-order chi connectivity index (χ0) is 17.1. The Labute approximate surface area is 146 Å². The van der Waals surface area contributed by atoms with Crippen molar-refractivity contribution in [3.63, 3.8) is 0 Å². The Morgan fingerprint density at radius 1 is 1.17 bits per heavy atom. The van der Waals surface area contributed by atoms with Gasteiger partial charge < -0.3 is 5.32 Å². The zero-order valence-corrected chi connectivity index (χ0v) is 14.7. The highest BCUT2D eigenvalue weighted by atomic mass is 79.9. The lowest BCUT2D eigenvalue weighted by Crippen LogP contribution is -2.34. The van der Waals surface area contributed by atoms with Crippen molar-refractivity contribution in [1.29, 1.82) is 0 Å². The normalized spacial score (nSPS) is 10.3. The van der Waals surface area contributed by atoms with E-state index in [4.69, 9.17) is 12.2 Å². The van der Waals surface area contributed by atoms with E-state index in [1.807, 2.05) is 26.0 Å². The highest BCUT2D eigenvalue weighted by Crippen LogP contribution is 2.26. The summed E-state index contributed by atoms with van der Waals surface area (Å²) < 4.78 is 27.0. The number of aryl methyl sites for hydroxylation is 2. The summed E-state index contributed by atoms with van der Waals surface area (Å²) in [7, 11) is 0.